The number of rotatable bonds is 4. The molecule has 0 spiro atoms. The highest BCUT2D eigenvalue weighted by atomic mass is 14.9. The van der Waals surface area contributed by atoms with Gasteiger partial charge in [0.25, 0.3) is 0 Å². The monoisotopic (exact) mass is 738 g/mol. The Morgan fingerprint density at radius 2 is 0.655 bits per heavy atom. The highest BCUT2D eigenvalue weighted by molar-refractivity contribution is 6.26. The zero-order chi connectivity index (χ0) is 38.5. The largest absolute Gasteiger partial charge is 0.344 e. The summed E-state index contributed by atoms with van der Waals surface area (Å²) in [5, 5.41) is 12.6. The van der Waals surface area contributed by atoms with E-state index in [1.807, 2.05) is 0 Å². The Balaban J connectivity index is 1.25. The molecule has 0 N–H and O–H groups in total. The van der Waals surface area contributed by atoms with Crippen LogP contribution in [0.15, 0.2) is 194 Å². The second kappa shape index (κ2) is 12.5. The maximum atomic E-state index is 2.49. The summed E-state index contributed by atoms with van der Waals surface area (Å²) < 4.78 is 4.67. The molecule has 0 fully saturated rings. The number of fused-ring (bicyclic) bond motifs is 9. The average Bonchev–Trinajstić information content (AvgIpc) is 3.75. The van der Waals surface area contributed by atoms with E-state index in [-0.39, 0.29) is 0 Å². The van der Waals surface area contributed by atoms with Gasteiger partial charge in [0, 0.05) is 57.7 Å². The highest BCUT2D eigenvalue weighted by Crippen LogP contribution is 2.48. The van der Waals surface area contributed by atoms with Crippen molar-refractivity contribution in [1.82, 2.24) is 9.13 Å². The van der Waals surface area contributed by atoms with Crippen LogP contribution in [0.5, 0.6) is 0 Å². The molecule has 10 aromatic carbocycles. The quantitative estimate of drug-likeness (QED) is 0.159. The Labute approximate surface area is 336 Å². The molecule has 12 aromatic rings. The Bertz CT molecular complexity index is 3460. The van der Waals surface area contributed by atoms with E-state index in [9.17, 15) is 0 Å². The smallest absolute Gasteiger partial charge is 0.0495 e. The van der Waals surface area contributed by atoms with E-state index in [4.69, 9.17) is 0 Å². The molecule has 58 heavy (non-hydrogen) atoms. The minimum atomic E-state index is 1.23. The molecule has 12 rings (SSSR count). The standard InChI is InChI=1S/C56H38N2/c1-57-50-28-10-8-20-46(50)55-41(26-14-30-52(55)57)39-22-12-24-43-48(39)34-49-40(42-27-15-31-53-56(42)47-21-9-11-29-51(47)58(53)2)23-13-25-44(49)54(43)45-33-32-36(35-16-4-3-5-17-35)37-18-6-7-19-38(37)45/h3-34H,1-2H3. The van der Waals surface area contributed by atoms with Crippen molar-refractivity contribution in [3.8, 4) is 44.5 Å². The van der Waals surface area contributed by atoms with E-state index in [1.165, 1.54) is 120 Å². The average molecular weight is 739 g/mol. The summed E-state index contributed by atoms with van der Waals surface area (Å²) in [5.74, 6) is 0. The molecule has 272 valence electrons. The molecule has 0 aliphatic heterocycles. The van der Waals surface area contributed by atoms with E-state index < -0.39 is 0 Å². The first-order valence-electron chi connectivity index (χ1n) is 20.1. The zero-order valence-electron chi connectivity index (χ0n) is 32.4. The summed E-state index contributed by atoms with van der Waals surface area (Å²) in [6.07, 6.45) is 0. The number of aromatic nitrogens is 2. The molecule has 2 nitrogen and oxygen atoms in total. The van der Waals surface area contributed by atoms with Crippen LogP contribution in [0, 0.1) is 0 Å². The summed E-state index contributed by atoms with van der Waals surface area (Å²) in [6.45, 7) is 0. The number of hydrogen-bond acceptors (Lipinski definition) is 0. The third-order valence-electron chi connectivity index (χ3n) is 12.8. The zero-order valence-corrected chi connectivity index (χ0v) is 32.4. The number of nitrogens with zero attached hydrogens (tertiary/aromatic N) is 2. The number of benzene rings is 10. The van der Waals surface area contributed by atoms with Gasteiger partial charge in [0.1, 0.15) is 0 Å². The van der Waals surface area contributed by atoms with Gasteiger partial charge < -0.3 is 9.13 Å². The van der Waals surface area contributed by atoms with E-state index in [2.05, 4.69) is 217 Å². The van der Waals surface area contributed by atoms with Gasteiger partial charge in [-0.25, -0.2) is 0 Å². The molecule has 0 aliphatic carbocycles. The van der Waals surface area contributed by atoms with Crippen LogP contribution in [0.25, 0.3) is 120 Å². The van der Waals surface area contributed by atoms with Gasteiger partial charge in [0.15, 0.2) is 0 Å². The van der Waals surface area contributed by atoms with Crippen molar-refractivity contribution in [3.05, 3.63) is 194 Å². The third-order valence-corrected chi connectivity index (χ3v) is 12.8. The van der Waals surface area contributed by atoms with Crippen molar-refractivity contribution in [2.45, 2.75) is 0 Å². The first kappa shape index (κ1) is 32.8. The van der Waals surface area contributed by atoms with E-state index in [0.717, 1.165) is 0 Å². The predicted molar refractivity (Wildman–Crippen MR) is 249 cm³/mol. The third kappa shape index (κ3) is 4.60. The fraction of sp³-hybridized carbons (Fsp3) is 0.0357. The van der Waals surface area contributed by atoms with Gasteiger partial charge in [-0.2, -0.15) is 0 Å². The molecule has 0 radical (unpaired) electrons. The van der Waals surface area contributed by atoms with Crippen LogP contribution in [-0.2, 0) is 14.1 Å². The highest BCUT2D eigenvalue weighted by Gasteiger charge is 2.22. The SMILES string of the molecule is Cn1c2ccccc2c2c(-c3cccc4c(-c5ccc(-c6ccccc6)c6ccccc56)c5cccc(-c6cccc7c6c6ccccc6n7C)c5cc34)cccc21. The Morgan fingerprint density at radius 3 is 1.21 bits per heavy atom. The molecule has 0 amide bonds. The predicted octanol–water partition coefficient (Wildman–Crippen LogP) is 15.1. The molecule has 0 saturated carbocycles. The maximum absolute atomic E-state index is 2.49. The number of para-hydroxylation sites is 2. The van der Waals surface area contributed by atoms with Crippen LogP contribution in [0.2, 0.25) is 0 Å². The summed E-state index contributed by atoms with van der Waals surface area (Å²) in [4.78, 5) is 0. The molecular formula is C56H38N2. The van der Waals surface area contributed by atoms with Crippen LogP contribution in [0.1, 0.15) is 0 Å². The lowest BCUT2D eigenvalue weighted by atomic mass is 9.83. The van der Waals surface area contributed by atoms with E-state index in [1.54, 1.807) is 0 Å². The molecule has 0 atom stereocenters. The Kier molecular flexibility index (Phi) is 7.09. The minimum Gasteiger partial charge on any atom is -0.344 e. The van der Waals surface area contributed by atoms with Gasteiger partial charge in [-0.1, -0.05) is 164 Å². The van der Waals surface area contributed by atoms with Crippen molar-refractivity contribution in [3.63, 3.8) is 0 Å². The summed E-state index contributed by atoms with van der Waals surface area (Å²) in [7, 11) is 4.38. The fourth-order valence-electron chi connectivity index (χ4n) is 10.2. The van der Waals surface area contributed by atoms with Gasteiger partial charge in [-0.15, -0.1) is 0 Å². The minimum absolute atomic E-state index is 1.23. The van der Waals surface area contributed by atoms with Crippen LogP contribution in [-0.4, -0.2) is 9.13 Å². The summed E-state index contributed by atoms with van der Waals surface area (Å²) in [6, 6.07) is 72.0. The first-order valence-corrected chi connectivity index (χ1v) is 20.1. The number of hydrogen-bond donors (Lipinski definition) is 0. The Hall–Kier alpha value is -7.42. The first-order chi connectivity index (χ1) is 28.7. The molecular weight excluding hydrogens is 701 g/mol. The lowest BCUT2D eigenvalue weighted by Crippen LogP contribution is -1.93. The van der Waals surface area contributed by atoms with Gasteiger partial charge >= 0.3 is 0 Å². The van der Waals surface area contributed by atoms with Crippen molar-refractivity contribution in [2.75, 3.05) is 0 Å². The number of aryl methyl sites for hydroxylation is 2. The van der Waals surface area contributed by atoms with Crippen LogP contribution >= 0.6 is 0 Å². The van der Waals surface area contributed by atoms with Crippen LogP contribution < -0.4 is 0 Å². The maximum Gasteiger partial charge on any atom is 0.0495 e. The molecule has 0 aliphatic rings. The van der Waals surface area contributed by atoms with E-state index in [0.29, 0.717) is 0 Å². The lowest BCUT2D eigenvalue weighted by molar-refractivity contribution is 1.01. The van der Waals surface area contributed by atoms with Crippen molar-refractivity contribution in [1.29, 1.82) is 0 Å². The lowest BCUT2D eigenvalue weighted by Gasteiger charge is -2.20. The van der Waals surface area contributed by atoms with Crippen LogP contribution in [0.3, 0.4) is 0 Å². The van der Waals surface area contributed by atoms with E-state index >= 15 is 0 Å². The van der Waals surface area contributed by atoms with Crippen molar-refractivity contribution in [2.24, 2.45) is 14.1 Å². The molecule has 0 bridgehead atoms. The second-order valence-corrected chi connectivity index (χ2v) is 15.7. The van der Waals surface area contributed by atoms with Crippen molar-refractivity contribution < 1.29 is 0 Å². The van der Waals surface area contributed by atoms with Crippen molar-refractivity contribution >= 4 is 75.9 Å². The van der Waals surface area contributed by atoms with Gasteiger partial charge in [0.05, 0.1) is 0 Å². The fourth-order valence-corrected chi connectivity index (χ4v) is 10.2. The topological polar surface area (TPSA) is 9.86 Å². The molecule has 0 saturated heterocycles. The van der Waals surface area contributed by atoms with Gasteiger partial charge in [-0.05, 0) is 107 Å². The molecule has 2 heterocycles. The molecule has 0 unspecified atom stereocenters. The van der Waals surface area contributed by atoms with Crippen LogP contribution in [0.4, 0.5) is 0 Å². The molecule has 2 aromatic heterocycles. The van der Waals surface area contributed by atoms with Gasteiger partial charge in [-0.3, -0.25) is 0 Å². The molecule has 2 heteroatoms. The Morgan fingerprint density at radius 1 is 0.259 bits per heavy atom. The second-order valence-electron chi connectivity index (χ2n) is 15.7. The van der Waals surface area contributed by atoms with Gasteiger partial charge in [0.2, 0.25) is 0 Å². The summed E-state index contributed by atoms with van der Waals surface area (Å²) >= 11 is 0. The summed E-state index contributed by atoms with van der Waals surface area (Å²) in [5.41, 5.74) is 14.9. The normalized spacial score (nSPS) is 12.0.